The molecule has 2 aromatic rings. The highest BCUT2D eigenvalue weighted by Gasteiger charge is 2.33. The van der Waals surface area contributed by atoms with Gasteiger partial charge in [-0.15, -0.1) is 0 Å². The fraction of sp³-hybridized carbons (Fsp3) is 0.278. The molecule has 0 bridgehead atoms. The third-order valence-electron chi connectivity index (χ3n) is 4.39. The van der Waals surface area contributed by atoms with Gasteiger partial charge in [0.1, 0.15) is 5.69 Å². The first-order chi connectivity index (χ1) is 11.6. The second kappa shape index (κ2) is 6.69. The van der Waals surface area contributed by atoms with Crippen molar-refractivity contribution in [2.24, 2.45) is 0 Å². The Balaban J connectivity index is 1.89. The summed E-state index contributed by atoms with van der Waals surface area (Å²) in [5.74, 6) is 0.256. The Morgan fingerprint density at radius 1 is 1.25 bits per heavy atom. The number of nitro groups is 1. The van der Waals surface area contributed by atoms with Gasteiger partial charge in [0.25, 0.3) is 5.69 Å². The molecule has 0 aromatic heterocycles. The number of likely N-dealkylation sites (N-methyl/N-ethyl adjacent to an activating group) is 1. The Labute approximate surface area is 140 Å². The zero-order valence-corrected chi connectivity index (χ0v) is 13.3. The van der Waals surface area contributed by atoms with Crippen LogP contribution in [0.3, 0.4) is 0 Å². The maximum atomic E-state index is 11.3. The van der Waals surface area contributed by atoms with Gasteiger partial charge in [-0.2, -0.15) is 5.26 Å². The van der Waals surface area contributed by atoms with Crippen molar-refractivity contribution in [1.29, 1.82) is 5.26 Å². The molecule has 6 nitrogen and oxygen atoms in total. The number of hydrogen-bond donors (Lipinski definition) is 1. The van der Waals surface area contributed by atoms with Crippen LogP contribution in [0.25, 0.3) is 0 Å². The van der Waals surface area contributed by atoms with Crippen LogP contribution >= 0.6 is 0 Å². The predicted molar refractivity (Wildman–Crippen MR) is 91.9 cm³/mol. The van der Waals surface area contributed by atoms with Gasteiger partial charge in [0.15, 0.2) is 0 Å². The number of anilines is 1. The number of hydrogen-bond acceptors (Lipinski definition) is 5. The van der Waals surface area contributed by atoms with Crippen LogP contribution in [0.2, 0.25) is 0 Å². The molecule has 0 amide bonds. The first kappa shape index (κ1) is 16.0. The van der Waals surface area contributed by atoms with Crippen LogP contribution in [0.15, 0.2) is 48.5 Å². The molecule has 122 valence electrons. The van der Waals surface area contributed by atoms with Crippen molar-refractivity contribution in [2.45, 2.75) is 12.0 Å². The summed E-state index contributed by atoms with van der Waals surface area (Å²) in [6.07, 6.45) is 0. The Morgan fingerprint density at radius 3 is 2.67 bits per heavy atom. The van der Waals surface area contributed by atoms with E-state index in [0.717, 1.165) is 13.1 Å². The Hall–Kier alpha value is -2.91. The molecule has 2 atom stereocenters. The Morgan fingerprint density at radius 2 is 2.00 bits per heavy atom. The highest BCUT2D eigenvalue weighted by molar-refractivity contribution is 5.64. The van der Waals surface area contributed by atoms with E-state index in [1.54, 1.807) is 12.1 Å². The minimum atomic E-state index is -0.445. The molecule has 0 aliphatic carbocycles. The van der Waals surface area contributed by atoms with Crippen LogP contribution < -0.4 is 5.32 Å². The van der Waals surface area contributed by atoms with E-state index in [4.69, 9.17) is 5.26 Å². The molecule has 3 rings (SSSR count). The van der Waals surface area contributed by atoms with Gasteiger partial charge in [-0.25, -0.2) is 0 Å². The number of nitro benzene ring substituents is 1. The van der Waals surface area contributed by atoms with E-state index < -0.39 is 4.92 Å². The first-order valence-corrected chi connectivity index (χ1v) is 7.77. The summed E-state index contributed by atoms with van der Waals surface area (Å²) >= 11 is 0. The van der Waals surface area contributed by atoms with Gasteiger partial charge in [-0.1, -0.05) is 30.3 Å². The zero-order chi connectivity index (χ0) is 17.1. The second-order valence-electron chi connectivity index (χ2n) is 6.09. The number of nitriles is 1. The highest BCUT2D eigenvalue weighted by atomic mass is 16.6. The molecule has 0 saturated carbocycles. The van der Waals surface area contributed by atoms with Gasteiger partial charge in [-0.05, 0) is 24.7 Å². The maximum Gasteiger partial charge on any atom is 0.293 e. The molecular formula is C18H18N4O2. The monoisotopic (exact) mass is 322 g/mol. The van der Waals surface area contributed by atoms with Gasteiger partial charge in [0, 0.05) is 31.1 Å². The number of nitrogens with one attached hydrogen (secondary N) is 1. The predicted octanol–water partition coefficient (Wildman–Crippen LogP) is 2.98. The molecule has 0 unspecified atom stereocenters. The lowest BCUT2D eigenvalue weighted by molar-refractivity contribution is -0.384. The molecule has 1 fully saturated rings. The molecule has 0 radical (unpaired) electrons. The van der Waals surface area contributed by atoms with Gasteiger partial charge < -0.3 is 10.2 Å². The smallest absolute Gasteiger partial charge is 0.293 e. The summed E-state index contributed by atoms with van der Waals surface area (Å²) in [6, 6.07) is 16.7. The van der Waals surface area contributed by atoms with Crippen LogP contribution in [0.4, 0.5) is 11.4 Å². The lowest BCUT2D eigenvalue weighted by atomic mass is 9.94. The van der Waals surface area contributed by atoms with Gasteiger partial charge in [0.2, 0.25) is 0 Å². The Bertz CT molecular complexity index is 785. The highest BCUT2D eigenvalue weighted by Crippen LogP contribution is 2.32. The van der Waals surface area contributed by atoms with E-state index in [2.05, 4.69) is 22.3 Å². The average molecular weight is 322 g/mol. The zero-order valence-electron chi connectivity index (χ0n) is 13.3. The van der Waals surface area contributed by atoms with Crippen LogP contribution in [0, 0.1) is 21.4 Å². The lowest BCUT2D eigenvalue weighted by Gasteiger charge is -2.21. The topological polar surface area (TPSA) is 82.2 Å². The van der Waals surface area contributed by atoms with Crippen molar-refractivity contribution in [3.63, 3.8) is 0 Å². The summed E-state index contributed by atoms with van der Waals surface area (Å²) in [5, 5.41) is 23.6. The van der Waals surface area contributed by atoms with Crippen molar-refractivity contribution in [3.05, 3.63) is 69.8 Å². The summed E-state index contributed by atoms with van der Waals surface area (Å²) in [7, 11) is 2.05. The third kappa shape index (κ3) is 3.21. The fourth-order valence-corrected chi connectivity index (χ4v) is 3.26. The molecule has 0 spiro atoms. The Kier molecular flexibility index (Phi) is 4.45. The van der Waals surface area contributed by atoms with Crippen LogP contribution in [0.1, 0.15) is 17.0 Å². The van der Waals surface area contributed by atoms with Crippen molar-refractivity contribution in [2.75, 3.05) is 25.5 Å². The van der Waals surface area contributed by atoms with Crippen LogP contribution in [-0.4, -0.2) is 36.0 Å². The molecule has 1 saturated heterocycles. The van der Waals surface area contributed by atoms with E-state index in [1.165, 1.54) is 11.6 Å². The van der Waals surface area contributed by atoms with Crippen molar-refractivity contribution in [1.82, 2.24) is 4.90 Å². The first-order valence-electron chi connectivity index (χ1n) is 7.77. The molecule has 2 aromatic carbocycles. The summed E-state index contributed by atoms with van der Waals surface area (Å²) in [5.41, 5.74) is 1.90. The normalized spacial score (nSPS) is 20.5. The van der Waals surface area contributed by atoms with Gasteiger partial charge in [-0.3, -0.25) is 10.1 Å². The molecule has 6 heteroatoms. The summed E-state index contributed by atoms with van der Waals surface area (Å²) < 4.78 is 0. The minimum Gasteiger partial charge on any atom is -0.375 e. The standard InChI is InChI=1S/C18H18N4O2/c1-21-11-15(14-5-3-2-4-6-14)17(12-21)20-16-8-7-13(10-19)9-18(16)22(23)24/h2-9,15,17,20H,11-12H2,1H3/t15-,17+/m0/s1. The van der Waals surface area contributed by atoms with Crippen LogP contribution in [0.5, 0.6) is 0 Å². The van der Waals surface area contributed by atoms with E-state index in [-0.39, 0.29) is 23.2 Å². The molecule has 1 N–H and O–H groups in total. The molecule has 1 aliphatic rings. The third-order valence-corrected chi connectivity index (χ3v) is 4.39. The number of nitrogens with zero attached hydrogens (tertiary/aromatic N) is 3. The number of likely N-dealkylation sites (tertiary alicyclic amines) is 1. The van der Waals surface area contributed by atoms with Crippen molar-refractivity contribution < 1.29 is 4.92 Å². The van der Waals surface area contributed by atoms with E-state index >= 15 is 0 Å². The molecule has 1 heterocycles. The van der Waals surface area contributed by atoms with Crippen molar-refractivity contribution >= 4 is 11.4 Å². The fourth-order valence-electron chi connectivity index (χ4n) is 3.26. The lowest BCUT2D eigenvalue weighted by Crippen LogP contribution is -2.27. The number of benzene rings is 2. The second-order valence-corrected chi connectivity index (χ2v) is 6.09. The van der Waals surface area contributed by atoms with Crippen molar-refractivity contribution in [3.8, 4) is 6.07 Å². The quantitative estimate of drug-likeness (QED) is 0.691. The van der Waals surface area contributed by atoms with Crippen LogP contribution in [-0.2, 0) is 0 Å². The molecule has 1 aliphatic heterocycles. The van der Waals surface area contributed by atoms with Gasteiger partial charge in [0.05, 0.1) is 16.6 Å². The van der Waals surface area contributed by atoms with E-state index in [9.17, 15) is 10.1 Å². The molecule has 24 heavy (non-hydrogen) atoms. The van der Waals surface area contributed by atoms with Gasteiger partial charge >= 0.3 is 0 Å². The maximum absolute atomic E-state index is 11.3. The van der Waals surface area contributed by atoms with E-state index in [0.29, 0.717) is 5.69 Å². The summed E-state index contributed by atoms with van der Waals surface area (Å²) in [6.45, 7) is 1.70. The summed E-state index contributed by atoms with van der Waals surface area (Å²) in [4.78, 5) is 13.1. The minimum absolute atomic E-state index is 0.0598. The average Bonchev–Trinajstić information content (AvgIpc) is 2.96. The SMILES string of the molecule is CN1C[C@@H](Nc2ccc(C#N)cc2[N+](=O)[O-])[C@H](c2ccccc2)C1. The number of rotatable bonds is 4. The molecular weight excluding hydrogens is 304 g/mol. The largest absolute Gasteiger partial charge is 0.375 e. The van der Waals surface area contributed by atoms with E-state index in [1.807, 2.05) is 31.3 Å².